The summed E-state index contributed by atoms with van der Waals surface area (Å²) in [4.78, 5) is 18.5. The summed E-state index contributed by atoms with van der Waals surface area (Å²) in [5.74, 6) is -0.519. The van der Waals surface area contributed by atoms with Gasteiger partial charge in [-0.25, -0.2) is 4.99 Å². The van der Waals surface area contributed by atoms with E-state index in [0.29, 0.717) is 0 Å². The summed E-state index contributed by atoms with van der Waals surface area (Å²) in [6.45, 7) is 4.13. The Morgan fingerprint density at radius 3 is 2.41 bits per heavy atom. The lowest BCUT2D eigenvalue weighted by Crippen LogP contribution is -2.26. The summed E-state index contributed by atoms with van der Waals surface area (Å²) >= 11 is 0. The summed E-state index contributed by atoms with van der Waals surface area (Å²) in [5, 5.41) is 0. The van der Waals surface area contributed by atoms with Crippen LogP contribution in [0, 0.1) is 5.92 Å². The van der Waals surface area contributed by atoms with E-state index >= 15 is 0 Å². The molecule has 0 amide bonds. The number of hydrogen-bond acceptors (Lipinski definition) is 3. The van der Waals surface area contributed by atoms with Crippen LogP contribution >= 0.6 is 12.4 Å². The Bertz CT molecular complexity index is 289. The molecule has 0 bridgehead atoms. The number of carbonyl (C=O) groups is 1. The monoisotopic (exact) mass is 265 g/mol. The molecule has 0 aliphatic carbocycles. The maximum absolute atomic E-state index is 11.2. The van der Waals surface area contributed by atoms with Crippen molar-refractivity contribution < 1.29 is 9.53 Å². The van der Waals surface area contributed by atoms with Gasteiger partial charge in [-0.15, -0.1) is 12.4 Å². The van der Waals surface area contributed by atoms with Crippen molar-refractivity contribution in [1.29, 1.82) is 0 Å². The van der Waals surface area contributed by atoms with Crippen LogP contribution in [0.3, 0.4) is 0 Å². The molecule has 6 N–H and O–H groups in total. The fraction of sp³-hybridized carbons (Fsp3) is 0.667. The third kappa shape index (κ3) is 9.43. The summed E-state index contributed by atoms with van der Waals surface area (Å²) in [6.07, 6.45) is 0.748. The van der Waals surface area contributed by atoms with Crippen LogP contribution in [0.2, 0.25) is 0 Å². The first-order valence-electron chi connectivity index (χ1n) is 5.03. The van der Waals surface area contributed by atoms with Gasteiger partial charge in [0, 0.05) is 0 Å². The number of carbonyl (C=O) groups excluding carboxylic acids is 1. The number of ether oxygens (including phenoxy) is 1. The molecule has 0 aromatic rings. The minimum Gasteiger partial charge on any atom is -0.464 e. The number of esters is 1. The zero-order chi connectivity index (χ0) is 12.6. The van der Waals surface area contributed by atoms with Crippen molar-refractivity contribution in [3.05, 3.63) is 0 Å². The van der Waals surface area contributed by atoms with Crippen LogP contribution < -0.4 is 17.2 Å². The molecule has 0 aromatic heterocycles. The Morgan fingerprint density at radius 1 is 1.35 bits per heavy atom. The molecule has 0 fully saturated rings. The Hall–Kier alpha value is -1.50. The van der Waals surface area contributed by atoms with E-state index in [-0.39, 0.29) is 49.4 Å². The Kier molecular flexibility index (Phi) is 10.2. The first-order chi connectivity index (χ1) is 7.47. The smallest absolute Gasteiger partial charge is 0.308 e. The number of hydrogen-bond donors (Lipinski definition) is 3. The van der Waals surface area contributed by atoms with Crippen LogP contribution in [0.1, 0.15) is 20.3 Å². The van der Waals surface area contributed by atoms with Gasteiger partial charge >= 0.3 is 5.97 Å². The molecule has 0 radical (unpaired) electrons. The Labute approximate surface area is 107 Å². The van der Waals surface area contributed by atoms with Crippen LogP contribution in [0.5, 0.6) is 0 Å². The van der Waals surface area contributed by atoms with Crippen molar-refractivity contribution in [3.63, 3.8) is 0 Å². The molecule has 1 unspecified atom stereocenters. The summed E-state index contributed by atoms with van der Waals surface area (Å²) in [7, 11) is 0. The van der Waals surface area contributed by atoms with E-state index in [1.807, 2.05) is 6.92 Å². The van der Waals surface area contributed by atoms with E-state index in [0.717, 1.165) is 6.42 Å². The highest BCUT2D eigenvalue weighted by Gasteiger charge is 2.10. The van der Waals surface area contributed by atoms with Gasteiger partial charge in [0.25, 0.3) is 0 Å². The number of nitrogens with zero attached hydrogens (tertiary/aromatic N) is 2. The molecule has 17 heavy (non-hydrogen) atoms. The van der Waals surface area contributed by atoms with Gasteiger partial charge in [-0.2, -0.15) is 4.99 Å². The summed E-state index contributed by atoms with van der Waals surface area (Å²) in [6, 6.07) is 0. The highest BCUT2D eigenvalue weighted by atomic mass is 35.5. The summed E-state index contributed by atoms with van der Waals surface area (Å²) in [5.41, 5.74) is 15.5. The normalized spacial score (nSPS) is 12.2. The highest BCUT2D eigenvalue weighted by Crippen LogP contribution is 2.02. The molecule has 100 valence electrons. The fourth-order valence-corrected chi connectivity index (χ4v) is 0.783. The van der Waals surface area contributed by atoms with E-state index in [9.17, 15) is 4.79 Å². The lowest BCUT2D eigenvalue weighted by atomic mass is 10.1. The number of guanidine groups is 2. The first-order valence-corrected chi connectivity index (χ1v) is 5.03. The fourth-order valence-electron chi connectivity index (χ4n) is 0.783. The minimum atomic E-state index is -0.238. The number of rotatable bonds is 5. The second-order valence-corrected chi connectivity index (χ2v) is 3.25. The molecule has 8 heteroatoms. The summed E-state index contributed by atoms with van der Waals surface area (Å²) < 4.78 is 4.94. The Balaban J connectivity index is 0. The lowest BCUT2D eigenvalue weighted by Gasteiger charge is -2.07. The van der Waals surface area contributed by atoms with Gasteiger partial charge in [-0.05, 0) is 6.42 Å². The third-order valence-corrected chi connectivity index (χ3v) is 1.87. The van der Waals surface area contributed by atoms with E-state index in [4.69, 9.17) is 21.9 Å². The average Bonchev–Trinajstić information content (AvgIpc) is 2.21. The SMILES string of the molecule is CCC(C)C(=O)OCCN=C(N)N=C(N)N.Cl. The van der Waals surface area contributed by atoms with Crippen molar-refractivity contribution in [2.24, 2.45) is 33.1 Å². The average molecular weight is 266 g/mol. The van der Waals surface area contributed by atoms with Crippen LogP contribution in [-0.4, -0.2) is 31.0 Å². The van der Waals surface area contributed by atoms with E-state index in [1.54, 1.807) is 6.92 Å². The van der Waals surface area contributed by atoms with Crippen LogP contribution in [0.4, 0.5) is 0 Å². The van der Waals surface area contributed by atoms with Gasteiger partial charge in [0.2, 0.25) is 5.96 Å². The van der Waals surface area contributed by atoms with E-state index in [2.05, 4.69) is 9.98 Å². The topological polar surface area (TPSA) is 129 Å². The largest absolute Gasteiger partial charge is 0.464 e. The Morgan fingerprint density at radius 2 is 1.94 bits per heavy atom. The van der Waals surface area contributed by atoms with Crippen molar-refractivity contribution in [2.45, 2.75) is 20.3 Å². The zero-order valence-electron chi connectivity index (χ0n) is 10.0. The molecule has 0 aliphatic heterocycles. The maximum atomic E-state index is 11.2. The van der Waals surface area contributed by atoms with Gasteiger partial charge < -0.3 is 21.9 Å². The van der Waals surface area contributed by atoms with Crippen molar-refractivity contribution in [3.8, 4) is 0 Å². The van der Waals surface area contributed by atoms with E-state index in [1.165, 1.54) is 0 Å². The first kappa shape index (κ1) is 17.9. The van der Waals surface area contributed by atoms with E-state index < -0.39 is 0 Å². The van der Waals surface area contributed by atoms with Gasteiger partial charge in [0.15, 0.2) is 5.96 Å². The molecule has 7 nitrogen and oxygen atoms in total. The predicted octanol–water partition coefficient (Wildman–Crippen LogP) is -0.414. The molecular formula is C9H20ClN5O2. The number of nitrogens with two attached hydrogens (primary N) is 3. The van der Waals surface area contributed by atoms with Crippen LogP contribution in [-0.2, 0) is 9.53 Å². The van der Waals surface area contributed by atoms with Crippen molar-refractivity contribution in [1.82, 2.24) is 0 Å². The standard InChI is InChI=1S/C9H19N5O2.ClH/c1-3-6(2)7(15)16-5-4-13-9(12)14-8(10)11;/h6H,3-5H2,1-2H3,(H6,10,11,12,13,14);1H. The van der Waals surface area contributed by atoms with Crippen LogP contribution in [0.15, 0.2) is 9.98 Å². The van der Waals surface area contributed by atoms with Gasteiger partial charge in [-0.3, -0.25) is 4.79 Å². The van der Waals surface area contributed by atoms with Gasteiger partial charge in [-0.1, -0.05) is 13.8 Å². The molecule has 0 spiro atoms. The van der Waals surface area contributed by atoms with Crippen molar-refractivity contribution >= 4 is 30.3 Å². The molecule has 0 heterocycles. The number of aliphatic imine (C=N–C) groups is 2. The highest BCUT2D eigenvalue weighted by molar-refractivity contribution is 5.92. The molecule has 0 aliphatic rings. The third-order valence-electron chi connectivity index (χ3n) is 1.87. The zero-order valence-corrected chi connectivity index (χ0v) is 10.9. The van der Waals surface area contributed by atoms with Crippen LogP contribution in [0.25, 0.3) is 0 Å². The molecule has 0 rings (SSSR count). The predicted molar refractivity (Wildman–Crippen MR) is 70.0 cm³/mol. The second-order valence-electron chi connectivity index (χ2n) is 3.25. The number of halogens is 1. The minimum absolute atomic E-state index is 0. The molecule has 0 saturated heterocycles. The molecular weight excluding hydrogens is 246 g/mol. The second kappa shape index (κ2) is 9.71. The molecule has 0 aromatic carbocycles. The lowest BCUT2D eigenvalue weighted by molar-refractivity contribution is -0.147. The molecule has 1 atom stereocenters. The maximum Gasteiger partial charge on any atom is 0.308 e. The van der Waals surface area contributed by atoms with Gasteiger partial charge in [0.1, 0.15) is 6.61 Å². The van der Waals surface area contributed by atoms with Crippen molar-refractivity contribution in [2.75, 3.05) is 13.2 Å². The quantitative estimate of drug-likeness (QED) is 0.269. The van der Waals surface area contributed by atoms with Gasteiger partial charge in [0.05, 0.1) is 12.5 Å². The molecule has 0 saturated carbocycles.